The highest BCUT2D eigenvalue weighted by molar-refractivity contribution is 6.31. The highest BCUT2D eigenvalue weighted by atomic mass is 35.5. The fourth-order valence-electron chi connectivity index (χ4n) is 1.66. The van der Waals surface area contributed by atoms with Crippen LogP contribution in [0.3, 0.4) is 0 Å². The van der Waals surface area contributed by atoms with E-state index in [4.69, 9.17) is 16.0 Å². The minimum Gasteiger partial charge on any atom is -0.468 e. The SMILES string of the molecule is Cc1ccc(CNC(C)c2ccco2)cc1Cl. The van der Waals surface area contributed by atoms with Gasteiger partial charge in [-0.3, -0.25) is 0 Å². The lowest BCUT2D eigenvalue weighted by Gasteiger charge is -2.11. The second-order valence-corrected chi connectivity index (χ2v) is 4.61. The van der Waals surface area contributed by atoms with Crippen molar-refractivity contribution in [3.63, 3.8) is 0 Å². The molecule has 0 fully saturated rings. The molecule has 2 rings (SSSR count). The Morgan fingerprint density at radius 1 is 1.35 bits per heavy atom. The molecule has 1 unspecified atom stereocenters. The van der Waals surface area contributed by atoms with Gasteiger partial charge in [0.05, 0.1) is 12.3 Å². The lowest BCUT2D eigenvalue weighted by atomic mass is 10.1. The second kappa shape index (κ2) is 5.39. The van der Waals surface area contributed by atoms with Crippen molar-refractivity contribution >= 4 is 11.6 Å². The zero-order valence-corrected chi connectivity index (χ0v) is 10.8. The van der Waals surface area contributed by atoms with Gasteiger partial charge in [0, 0.05) is 11.6 Å². The van der Waals surface area contributed by atoms with Crippen LogP contribution in [0.5, 0.6) is 0 Å². The van der Waals surface area contributed by atoms with Gasteiger partial charge in [-0.25, -0.2) is 0 Å². The molecule has 90 valence electrons. The maximum absolute atomic E-state index is 6.08. The normalized spacial score (nSPS) is 12.6. The lowest BCUT2D eigenvalue weighted by Crippen LogP contribution is -2.17. The third-order valence-corrected chi connectivity index (χ3v) is 3.23. The molecule has 0 aliphatic rings. The van der Waals surface area contributed by atoms with Gasteiger partial charge in [0.15, 0.2) is 0 Å². The average Bonchev–Trinajstić information content (AvgIpc) is 2.84. The van der Waals surface area contributed by atoms with E-state index in [0.29, 0.717) is 0 Å². The number of rotatable bonds is 4. The van der Waals surface area contributed by atoms with Crippen LogP contribution in [0.25, 0.3) is 0 Å². The van der Waals surface area contributed by atoms with Crippen molar-refractivity contribution in [3.05, 3.63) is 58.5 Å². The predicted molar refractivity (Wildman–Crippen MR) is 70.2 cm³/mol. The fourth-order valence-corrected chi connectivity index (χ4v) is 1.86. The van der Waals surface area contributed by atoms with Crippen molar-refractivity contribution in [2.45, 2.75) is 26.4 Å². The smallest absolute Gasteiger partial charge is 0.120 e. The Hall–Kier alpha value is -1.25. The Morgan fingerprint density at radius 3 is 2.82 bits per heavy atom. The first kappa shape index (κ1) is 12.2. The molecule has 1 aromatic carbocycles. The number of benzene rings is 1. The number of halogens is 1. The molecule has 1 heterocycles. The summed E-state index contributed by atoms with van der Waals surface area (Å²) in [5.74, 6) is 0.947. The highest BCUT2D eigenvalue weighted by Crippen LogP contribution is 2.18. The molecule has 2 nitrogen and oxygen atoms in total. The molecule has 17 heavy (non-hydrogen) atoms. The van der Waals surface area contributed by atoms with Gasteiger partial charge < -0.3 is 9.73 Å². The summed E-state index contributed by atoms with van der Waals surface area (Å²) in [4.78, 5) is 0. The molecule has 0 bridgehead atoms. The van der Waals surface area contributed by atoms with Crippen LogP contribution in [0, 0.1) is 6.92 Å². The van der Waals surface area contributed by atoms with Crippen LogP contribution in [0.1, 0.15) is 29.9 Å². The van der Waals surface area contributed by atoms with E-state index in [-0.39, 0.29) is 6.04 Å². The number of nitrogens with one attached hydrogen (secondary N) is 1. The van der Waals surface area contributed by atoms with Crippen LogP contribution >= 0.6 is 11.6 Å². The zero-order valence-electron chi connectivity index (χ0n) is 10.0. The summed E-state index contributed by atoms with van der Waals surface area (Å²) in [5, 5.41) is 4.21. The molecule has 0 aliphatic carbocycles. The number of furan rings is 1. The van der Waals surface area contributed by atoms with Gasteiger partial charge in [-0.05, 0) is 43.2 Å². The third kappa shape index (κ3) is 3.11. The summed E-state index contributed by atoms with van der Waals surface area (Å²) in [5.41, 5.74) is 2.29. The van der Waals surface area contributed by atoms with Crippen molar-refractivity contribution in [3.8, 4) is 0 Å². The zero-order chi connectivity index (χ0) is 12.3. The quantitative estimate of drug-likeness (QED) is 0.883. The van der Waals surface area contributed by atoms with Crippen LogP contribution < -0.4 is 5.32 Å². The summed E-state index contributed by atoms with van der Waals surface area (Å²) in [6.45, 7) is 4.86. The summed E-state index contributed by atoms with van der Waals surface area (Å²) in [7, 11) is 0. The van der Waals surface area contributed by atoms with E-state index in [1.165, 1.54) is 5.56 Å². The number of aryl methyl sites for hydroxylation is 1. The monoisotopic (exact) mass is 249 g/mol. The van der Waals surface area contributed by atoms with E-state index < -0.39 is 0 Å². The standard InChI is InChI=1S/C14H16ClNO/c1-10-5-6-12(8-13(10)15)9-16-11(2)14-4-3-7-17-14/h3-8,11,16H,9H2,1-2H3. The molecule has 1 N–H and O–H groups in total. The first-order chi connectivity index (χ1) is 8.16. The molecule has 0 spiro atoms. The van der Waals surface area contributed by atoms with E-state index >= 15 is 0 Å². The Balaban J connectivity index is 1.96. The Bertz CT molecular complexity index is 479. The molecular weight excluding hydrogens is 234 g/mol. The van der Waals surface area contributed by atoms with E-state index in [1.807, 2.05) is 31.2 Å². The lowest BCUT2D eigenvalue weighted by molar-refractivity contribution is 0.430. The Labute approximate surface area is 107 Å². The molecule has 1 aromatic heterocycles. The van der Waals surface area contributed by atoms with Crippen molar-refractivity contribution in [2.75, 3.05) is 0 Å². The minimum atomic E-state index is 0.199. The summed E-state index contributed by atoms with van der Waals surface area (Å²) in [6.07, 6.45) is 1.69. The van der Waals surface area contributed by atoms with Crippen LogP contribution in [0.4, 0.5) is 0 Å². The van der Waals surface area contributed by atoms with E-state index in [1.54, 1.807) is 6.26 Å². The van der Waals surface area contributed by atoms with Crippen LogP contribution in [0.15, 0.2) is 41.0 Å². The van der Waals surface area contributed by atoms with Crippen molar-refractivity contribution in [1.29, 1.82) is 0 Å². The van der Waals surface area contributed by atoms with Crippen molar-refractivity contribution in [2.24, 2.45) is 0 Å². The first-order valence-corrected chi connectivity index (χ1v) is 6.06. The molecule has 3 heteroatoms. The van der Waals surface area contributed by atoms with E-state index in [2.05, 4.69) is 18.3 Å². The first-order valence-electron chi connectivity index (χ1n) is 5.68. The molecule has 0 aliphatic heterocycles. The van der Waals surface area contributed by atoms with Gasteiger partial charge in [-0.2, -0.15) is 0 Å². The van der Waals surface area contributed by atoms with Gasteiger partial charge in [0.2, 0.25) is 0 Å². The van der Waals surface area contributed by atoms with Crippen LogP contribution in [-0.4, -0.2) is 0 Å². The Morgan fingerprint density at radius 2 is 2.18 bits per heavy atom. The largest absolute Gasteiger partial charge is 0.468 e. The van der Waals surface area contributed by atoms with Gasteiger partial charge in [0.1, 0.15) is 5.76 Å². The summed E-state index contributed by atoms with van der Waals surface area (Å²) in [6, 6.07) is 10.2. The number of hydrogen-bond acceptors (Lipinski definition) is 2. The van der Waals surface area contributed by atoms with Gasteiger partial charge in [0.25, 0.3) is 0 Å². The molecule has 0 saturated carbocycles. The van der Waals surface area contributed by atoms with Gasteiger partial charge in [-0.15, -0.1) is 0 Å². The van der Waals surface area contributed by atoms with Gasteiger partial charge >= 0.3 is 0 Å². The highest BCUT2D eigenvalue weighted by Gasteiger charge is 2.07. The van der Waals surface area contributed by atoms with Crippen LogP contribution in [-0.2, 0) is 6.54 Å². The van der Waals surface area contributed by atoms with Crippen LogP contribution in [0.2, 0.25) is 5.02 Å². The van der Waals surface area contributed by atoms with E-state index in [9.17, 15) is 0 Å². The number of hydrogen-bond donors (Lipinski definition) is 1. The summed E-state index contributed by atoms with van der Waals surface area (Å²) >= 11 is 6.08. The van der Waals surface area contributed by atoms with E-state index in [0.717, 1.165) is 22.9 Å². The second-order valence-electron chi connectivity index (χ2n) is 4.20. The van der Waals surface area contributed by atoms with Gasteiger partial charge in [-0.1, -0.05) is 23.7 Å². The third-order valence-electron chi connectivity index (χ3n) is 2.82. The molecule has 1 atom stereocenters. The maximum Gasteiger partial charge on any atom is 0.120 e. The average molecular weight is 250 g/mol. The van der Waals surface area contributed by atoms with Crippen molar-refractivity contribution in [1.82, 2.24) is 5.32 Å². The Kier molecular flexibility index (Phi) is 3.87. The molecule has 0 saturated heterocycles. The molecule has 0 radical (unpaired) electrons. The topological polar surface area (TPSA) is 25.2 Å². The summed E-state index contributed by atoms with van der Waals surface area (Å²) < 4.78 is 5.34. The maximum atomic E-state index is 6.08. The molecule has 2 aromatic rings. The fraction of sp³-hybridized carbons (Fsp3) is 0.286. The van der Waals surface area contributed by atoms with Crippen molar-refractivity contribution < 1.29 is 4.42 Å². The molecule has 0 amide bonds. The molecular formula is C14H16ClNO. The minimum absolute atomic E-state index is 0.199. The predicted octanol–water partition coefficient (Wildman–Crippen LogP) is 4.09.